The molecule has 1 heterocycles. The maximum Gasteiger partial charge on any atom is 0.338 e. The Morgan fingerprint density at radius 2 is 1.31 bits per heavy atom. The number of aliphatic hydroxyl groups excluding tert-OH is 1. The number of rotatable bonds is 9. The zero-order valence-corrected chi connectivity index (χ0v) is 38.3. The van der Waals surface area contributed by atoms with Crippen molar-refractivity contribution in [2.45, 2.75) is 135 Å². The largest absolute Gasteiger partial charge is 0.458 e. The SMILES string of the molecule is CC(=O)OC1CC2(O)C(OC(=O)c3ccccc3)C3C4(OC(C)=O)COC4CC(O[Si](c4ccccc4)(c4ccccc4)C(C)(C)C)[C@@]3(C)C(O)C(OC(C)=O)C(=C1C)C2(C)C. The van der Waals surface area contributed by atoms with Crippen molar-refractivity contribution in [1.29, 1.82) is 0 Å². The summed E-state index contributed by atoms with van der Waals surface area (Å²) in [4.78, 5) is 54.2. The van der Waals surface area contributed by atoms with Crippen LogP contribution in [0.2, 0.25) is 5.04 Å². The summed E-state index contributed by atoms with van der Waals surface area (Å²) in [5.41, 5.74) is -5.92. The molecule has 13 heteroatoms. The normalized spacial score (nSPS) is 32.7. The Balaban J connectivity index is 1.59. The second kappa shape index (κ2) is 16.2. The van der Waals surface area contributed by atoms with E-state index >= 15 is 0 Å². The first-order valence-electron chi connectivity index (χ1n) is 21.4. The standard InChI is InChI=1S/C49H60O12Si/c1-29-36(57-30(2)50)27-49(55)43(59-44(54)33-20-14-11-15-21-33)41-47(10,42(53)40(58-31(3)51)39(29)46(49,8)9)37(26-38-48(41,28-56-38)60-32(4)52)61-62(45(5,6)7,34-22-16-12-17-23-34)35-24-18-13-19-25-35/h11-25,36-38,40-43,53,55H,26-28H2,1-10H3/t36?,37?,38?,40?,41?,42?,43?,47-,48?,49?/m1/s1. The van der Waals surface area contributed by atoms with E-state index in [9.17, 15) is 29.4 Å². The van der Waals surface area contributed by atoms with Crippen molar-refractivity contribution < 1.29 is 57.5 Å². The minimum absolute atomic E-state index is 0.101. The van der Waals surface area contributed by atoms with Gasteiger partial charge in [-0.25, -0.2) is 4.79 Å². The van der Waals surface area contributed by atoms with E-state index in [1.807, 2.05) is 36.4 Å². The molecular formula is C49H60O12Si. The van der Waals surface area contributed by atoms with Crippen LogP contribution in [0.4, 0.5) is 0 Å². The number of ether oxygens (including phenoxy) is 5. The van der Waals surface area contributed by atoms with Gasteiger partial charge in [0.2, 0.25) is 0 Å². The highest BCUT2D eigenvalue weighted by Crippen LogP contribution is 2.66. The Kier molecular flexibility index (Phi) is 11.8. The lowest BCUT2D eigenvalue weighted by Gasteiger charge is -2.70. The van der Waals surface area contributed by atoms with Gasteiger partial charge in [-0.15, -0.1) is 0 Å². The van der Waals surface area contributed by atoms with Crippen LogP contribution in [0.3, 0.4) is 0 Å². The second-order valence-electron chi connectivity index (χ2n) is 19.3. The summed E-state index contributed by atoms with van der Waals surface area (Å²) in [7, 11) is -3.50. The van der Waals surface area contributed by atoms with E-state index in [1.165, 1.54) is 20.8 Å². The number of aliphatic hydroxyl groups is 2. The highest BCUT2D eigenvalue weighted by Gasteiger charge is 2.79. The first-order chi connectivity index (χ1) is 29.1. The van der Waals surface area contributed by atoms with Gasteiger partial charge in [-0.05, 0) is 45.6 Å². The maximum absolute atomic E-state index is 14.6. The Morgan fingerprint density at radius 1 is 0.774 bits per heavy atom. The van der Waals surface area contributed by atoms with Crippen LogP contribution in [-0.4, -0.2) is 96.8 Å². The maximum atomic E-state index is 14.6. The van der Waals surface area contributed by atoms with E-state index in [0.717, 1.165) is 10.4 Å². The van der Waals surface area contributed by atoms with Crippen molar-refractivity contribution in [3.63, 3.8) is 0 Å². The molecule has 62 heavy (non-hydrogen) atoms. The van der Waals surface area contributed by atoms with Gasteiger partial charge in [0.15, 0.2) is 11.7 Å². The average Bonchev–Trinajstić information content (AvgIpc) is 3.20. The van der Waals surface area contributed by atoms with Crippen LogP contribution in [0.1, 0.15) is 92.4 Å². The van der Waals surface area contributed by atoms with Crippen molar-refractivity contribution >= 4 is 42.6 Å². The molecule has 0 radical (unpaired) electrons. The zero-order chi connectivity index (χ0) is 45.2. The lowest BCUT2D eigenvalue weighted by atomic mass is 9.44. The van der Waals surface area contributed by atoms with E-state index in [1.54, 1.807) is 58.0 Å². The predicted octanol–water partition coefficient (Wildman–Crippen LogP) is 5.60. The average molecular weight is 869 g/mol. The number of carbonyl (C=O) groups excluding carboxylic acids is 4. The van der Waals surface area contributed by atoms with Crippen molar-refractivity contribution in [1.82, 2.24) is 0 Å². The van der Waals surface area contributed by atoms with E-state index in [2.05, 4.69) is 45.0 Å². The summed E-state index contributed by atoms with van der Waals surface area (Å²) in [6, 6.07) is 28.3. The molecule has 1 saturated heterocycles. The first-order valence-corrected chi connectivity index (χ1v) is 23.3. The highest BCUT2D eigenvalue weighted by molar-refractivity contribution is 6.99. The monoisotopic (exact) mass is 868 g/mol. The Hall–Kier alpha value is -4.66. The number of benzene rings is 3. The minimum atomic E-state index is -3.50. The second-order valence-corrected chi connectivity index (χ2v) is 23.6. The first kappa shape index (κ1) is 45.4. The van der Waals surface area contributed by atoms with Crippen LogP contribution in [0.25, 0.3) is 0 Å². The van der Waals surface area contributed by atoms with Crippen molar-refractivity contribution in [2.75, 3.05) is 6.61 Å². The van der Waals surface area contributed by atoms with Crippen molar-refractivity contribution in [3.05, 3.63) is 108 Å². The molecule has 2 saturated carbocycles. The molecule has 9 unspecified atom stereocenters. The molecule has 2 bridgehead atoms. The quantitative estimate of drug-likeness (QED) is 0.119. The lowest BCUT2D eigenvalue weighted by Crippen LogP contribution is -2.83. The molecule has 0 amide bonds. The molecular weight excluding hydrogens is 809 g/mol. The molecule has 3 fully saturated rings. The molecule has 0 spiro atoms. The molecule has 3 aromatic rings. The van der Waals surface area contributed by atoms with E-state index < -0.39 is 102 Å². The van der Waals surface area contributed by atoms with Gasteiger partial charge >= 0.3 is 23.9 Å². The number of hydrogen-bond donors (Lipinski definition) is 2. The van der Waals surface area contributed by atoms with Gasteiger partial charge < -0.3 is 38.3 Å². The molecule has 4 aliphatic rings. The van der Waals surface area contributed by atoms with Crippen LogP contribution in [-0.2, 0) is 42.5 Å². The van der Waals surface area contributed by atoms with Gasteiger partial charge in [0.25, 0.3) is 8.32 Å². The molecule has 0 aromatic heterocycles. The molecule has 10 atom stereocenters. The summed E-state index contributed by atoms with van der Waals surface area (Å²) in [6.07, 6.45) is -7.84. The summed E-state index contributed by atoms with van der Waals surface area (Å²) < 4.78 is 39.7. The van der Waals surface area contributed by atoms with Crippen LogP contribution in [0, 0.1) is 16.7 Å². The molecule has 3 aromatic carbocycles. The third-order valence-electron chi connectivity index (χ3n) is 14.4. The third-order valence-corrected chi connectivity index (χ3v) is 19.5. The van der Waals surface area contributed by atoms with E-state index in [4.69, 9.17) is 28.1 Å². The highest BCUT2D eigenvalue weighted by atomic mass is 28.4. The van der Waals surface area contributed by atoms with Gasteiger partial charge in [0, 0.05) is 44.4 Å². The molecule has 7 rings (SSSR count). The van der Waals surface area contributed by atoms with Gasteiger partial charge in [-0.1, -0.05) is 120 Å². The summed E-state index contributed by atoms with van der Waals surface area (Å²) in [5.74, 6) is -4.08. The molecule has 332 valence electrons. The summed E-state index contributed by atoms with van der Waals surface area (Å²) in [6.45, 7) is 17.0. The van der Waals surface area contributed by atoms with Crippen LogP contribution in [0.5, 0.6) is 0 Å². The smallest absolute Gasteiger partial charge is 0.338 e. The third kappa shape index (κ3) is 7.04. The summed E-state index contributed by atoms with van der Waals surface area (Å²) in [5, 5.41) is 28.9. The fraction of sp³-hybridized carbons (Fsp3) is 0.510. The van der Waals surface area contributed by atoms with Crippen LogP contribution in [0.15, 0.2) is 102 Å². The number of esters is 4. The predicted molar refractivity (Wildman–Crippen MR) is 232 cm³/mol. The number of fused-ring (bicyclic) bond motifs is 5. The van der Waals surface area contributed by atoms with Gasteiger partial charge in [0.05, 0.1) is 24.2 Å². The fourth-order valence-corrected chi connectivity index (χ4v) is 16.3. The van der Waals surface area contributed by atoms with Gasteiger partial charge in [-0.2, -0.15) is 0 Å². The lowest BCUT2D eigenvalue weighted by molar-refractivity contribution is -0.363. The van der Waals surface area contributed by atoms with Crippen molar-refractivity contribution in [2.24, 2.45) is 16.7 Å². The van der Waals surface area contributed by atoms with Crippen LogP contribution < -0.4 is 10.4 Å². The Morgan fingerprint density at radius 3 is 1.77 bits per heavy atom. The topological polar surface area (TPSA) is 164 Å². The molecule has 2 N–H and O–H groups in total. The summed E-state index contributed by atoms with van der Waals surface area (Å²) >= 11 is 0. The van der Waals surface area contributed by atoms with Gasteiger partial charge in [0.1, 0.15) is 30.0 Å². The van der Waals surface area contributed by atoms with Crippen LogP contribution >= 0.6 is 0 Å². The van der Waals surface area contributed by atoms with Crippen molar-refractivity contribution in [3.8, 4) is 0 Å². The molecule has 3 aliphatic carbocycles. The number of hydrogen-bond acceptors (Lipinski definition) is 12. The number of carbonyl (C=O) groups is 4. The molecule has 1 aliphatic heterocycles. The Bertz CT molecular complexity index is 2180. The van der Waals surface area contributed by atoms with E-state index in [0.29, 0.717) is 11.1 Å². The van der Waals surface area contributed by atoms with E-state index in [-0.39, 0.29) is 25.0 Å². The fourth-order valence-electron chi connectivity index (χ4n) is 11.5. The Labute approximate surface area is 365 Å². The minimum Gasteiger partial charge on any atom is -0.458 e. The molecule has 12 nitrogen and oxygen atoms in total. The van der Waals surface area contributed by atoms with Gasteiger partial charge in [-0.3, -0.25) is 14.4 Å². The zero-order valence-electron chi connectivity index (χ0n) is 37.3.